The van der Waals surface area contributed by atoms with Crippen LogP contribution in [0.15, 0.2) is 23.2 Å². The minimum absolute atomic E-state index is 0.739. The second-order valence-electron chi connectivity index (χ2n) is 5.92. The van der Waals surface area contributed by atoms with E-state index in [1.807, 2.05) is 0 Å². The van der Waals surface area contributed by atoms with Crippen LogP contribution in [0.4, 0.5) is 5.69 Å². The van der Waals surface area contributed by atoms with Gasteiger partial charge in [-0.3, -0.25) is 4.99 Å². The third kappa shape index (κ3) is 3.50. The number of aliphatic imine (C=N–C) groups is 1. The summed E-state index contributed by atoms with van der Waals surface area (Å²) in [5.74, 6) is 0.739. The molecule has 0 saturated heterocycles. The van der Waals surface area contributed by atoms with Crippen molar-refractivity contribution in [2.24, 2.45) is 10.9 Å². The molecule has 0 aliphatic heterocycles. The summed E-state index contributed by atoms with van der Waals surface area (Å²) in [4.78, 5) is 5.16. The highest BCUT2D eigenvalue weighted by Gasteiger charge is 2.18. The number of benzene rings is 1. The van der Waals surface area contributed by atoms with Gasteiger partial charge in [0.1, 0.15) is 0 Å². The number of rotatable bonds is 5. The van der Waals surface area contributed by atoms with Crippen LogP contribution in [0.1, 0.15) is 70.4 Å². The van der Waals surface area contributed by atoms with Gasteiger partial charge in [0.05, 0.1) is 5.69 Å². The Hall–Kier alpha value is -1.11. The predicted octanol–water partition coefficient (Wildman–Crippen LogP) is 5.87. The predicted molar refractivity (Wildman–Crippen MR) is 89.2 cm³/mol. The van der Waals surface area contributed by atoms with Gasteiger partial charge in [-0.2, -0.15) is 0 Å². The van der Waals surface area contributed by atoms with E-state index in [2.05, 4.69) is 39.0 Å². The van der Waals surface area contributed by atoms with E-state index in [0.717, 1.165) is 25.2 Å². The van der Waals surface area contributed by atoms with Gasteiger partial charge in [-0.05, 0) is 49.1 Å². The molecular weight excluding hydrogens is 242 g/mol. The molecule has 1 fully saturated rings. The van der Waals surface area contributed by atoms with E-state index in [4.69, 9.17) is 4.99 Å². The fraction of sp³-hybridized carbons (Fsp3) is 0.632. The van der Waals surface area contributed by atoms with Crippen molar-refractivity contribution >= 4 is 11.4 Å². The Morgan fingerprint density at radius 1 is 1.00 bits per heavy atom. The van der Waals surface area contributed by atoms with Crippen molar-refractivity contribution in [3.05, 3.63) is 29.3 Å². The summed E-state index contributed by atoms with van der Waals surface area (Å²) in [5, 5.41) is 0. The van der Waals surface area contributed by atoms with E-state index >= 15 is 0 Å². The number of para-hydroxylation sites is 1. The molecule has 1 aliphatic rings. The Morgan fingerprint density at radius 3 is 2.10 bits per heavy atom. The van der Waals surface area contributed by atoms with Crippen LogP contribution in [-0.2, 0) is 12.8 Å². The maximum Gasteiger partial charge on any atom is 0.0692 e. The summed E-state index contributed by atoms with van der Waals surface area (Å²) in [6.45, 7) is 6.74. The first-order valence-corrected chi connectivity index (χ1v) is 8.48. The summed E-state index contributed by atoms with van der Waals surface area (Å²) in [6, 6.07) is 6.67. The molecule has 0 amide bonds. The van der Waals surface area contributed by atoms with Gasteiger partial charge in [0.15, 0.2) is 0 Å². The molecule has 0 atom stereocenters. The van der Waals surface area contributed by atoms with Crippen LogP contribution in [0, 0.1) is 5.92 Å². The lowest BCUT2D eigenvalue weighted by Crippen LogP contribution is -2.17. The first-order chi connectivity index (χ1) is 9.80. The third-order valence-corrected chi connectivity index (χ3v) is 4.66. The first-order valence-electron chi connectivity index (χ1n) is 8.48. The quantitative estimate of drug-likeness (QED) is 0.593. The van der Waals surface area contributed by atoms with Crippen molar-refractivity contribution in [2.45, 2.75) is 72.1 Å². The van der Waals surface area contributed by atoms with E-state index in [-0.39, 0.29) is 0 Å². The van der Waals surface area contributed by atoms with Gasteiger partial charge in [-0.15, -0.1) is 0 Å². The highest BCUT2D eigenvalue weighted by Crippen LogP contribution is 2.31. The summed E-state index contributed by atoms with van der Waals surface area (Å²) >= 11 is 0. The molecule has 1 nitrogen and oxygen atoms in total. The zero-order valence-corrected chi connectivity index (χ0v) is 13.4. The zero-order chi connectivity index (χ0) is 14.4. The maximum absolute atomic E-state index is 5.16. The highest BCUT2D eigenvalue weighted by atomic mass is 14.8. The largest absolute Gasteiger partial charge is 0.257 e. The van der Waals surface area contributed by atoms with E-state index in [1.54, 1.807) is 0 Å². The lowest BCUT2D eigenvalue weighted by molar-refractivity contribution is 0.436. The van der Waals surface area contributed by atoms with Crippen molar-refractivity contribution in [2.75, 3.05) is 0 Å². The molecular formula is C19H29N. The highest BCUT2D eigenvalue weighted by molar-refractivity contribution is 5.89. The summed E-state index contributed by atoms with van der Waals surface area (Å²) < 4.78 is 0. The lowest BCUT2D eigenvalue weighted by Gasteiger charge is -2.23. The minimum atomic E-state index is 0.739. The van der Waals surface area contributed by atoms with Gasteiger partial charge in [0.2, 0.25) is 0 Å². The fourth-order valence-corrected chi connectivity index (χ4v) is 3.40. The third-order valence-electron chi connectivity index (χ3n) is 4.66. The van der Waals surface area contributed by atoms with Crippen molar-refractivity contribution in [1.29, 1.82) is 0 Å². The normalized spacial score (nSPS) is 17.4. The van der Waals surface area contributed by atoms with Gasteiger partial charge < -0.3 is 0 Å². The SMILES string of the molecule is CCC(=Nc1c(CC)cccc1CC)C1CCCCC1. The Kier molecular flexibility index (Phi) is 5.82. The molecule has 1 heteroatoms. The molecule has 0 aromatic heterocycles. The molecule has 0 bridgehead atoms. The van der Waals surface area contributed by atoms with Gasteiger partial charge in [-0.25, -0.2) is 0 Å². The molecule has 0 spiro atoms. The second kappa shape index (κ2) is 7.61. The summed E-state index contributed by atoms with van der Waals surface area (Å²) in [5.41, 5.74) is 5.54. The van der Waals surface area contributed by atoms with Crippen LogP contribution in [0.2, 0.25) is 0 Å². The Balaban J connectivity index is 2.35. The van der Waals surface area contributed by atoms with Crippen molar-refractivity contribution in [1.82, 2.24) is 0 Å². The molecule has 0 radical (unpaired) electrons. The molecule has 2 rings (SSSR count). The van der Waals surface area contributed by atoms with Crippen LogP contribution >= 0.6 is 0 Å². The maximum atomic E-state index is 5.16. The molecule has 1 aliphatic carbocycles. The first kappa shape index (κ1) is 15.3. The van der Waals surface area contributed by atoms with E-state index in [1.165, 1.54) is 54.6 Å². The average Bonchev–Trinajstić information content (AvgIpc) is 2.53. The van der Waals surface area contributed by atoms with E-state index < -0.39 is 0 Å². The topological polar surface area (TPSA) is 12.4 Å². The van der Waals surface area contributed by atoms with Gasteiger partial charge in [0.25, 0.3) is 0 Å². The summed E-state index contributed by atoms with van der Waals surface area (Å²) in [6.07, 6.45) is 10.2. The molecule has 0 unspecified atom stereocenters. The van der Waals surface area contributed by atoms with Crippen molar-refractivity contribution in [3.63, 3.8) is 0 Å². The van der Waals surface area contributed by atoms with Crippen LogP contribution in [-0.4, -0.2) is 5.71 Å². The van der Waals surface area contributed by atoms with Crippen molar-refractivity contribution < 1.29 is 0 Å². The smallest absolute Gasteiger partial charge is 0.0692 e. The lowest BCUT2D eigenvalue weighted by atomic mass is 9.84. The standard InChI is InChI=1S/C19H29N/c1-4-15-13-10-14-16(5-2)19(15)20-18(6-3)17-11-8-7-9-12-17/h10,13-14,17H,4-9,11-12H2,1-3H3. The zero-order valence-electron chi connectivity index (χ0n) is 13.4. The van der Waals surface area contributed by atoms with Gasteiger partial charge >= 0.3 is 0 Å². The number of hydrogen-bond acceptors (Lipinski definition) is 1. The molecule has 0 N–H and O–H groups in total. The summed E-state index contributed by atoms with van der Waals surface area (Å²) in [7, 11) is 0. The minimum Gasteiger partial charge on any atom is -0.257 e. The molecule has 1 saturated carbocycles. The van der Waals surface area contributed by atoms with E-state index in [9.17, 15) is 0 Å². The van der Waals surface area contributed by atoms with Gasteiger partial charge in [-0.1, -0.05) is 58.2 Å². The van der Waals surface area contributed by atoms with Crippen LogP contribution in [0.25, 0.3) is 0 Å². The molecule has 110 valence electrons. The molecule has 0 heterocycles. The number of nitrogens with zero attached hydrogens (tertiary/aromatic N) is 1. The Bertz CT molecular complexity index is 431. The Morgan fingerprint density at radius 2 is 1.60 bits per heavy atom. The second-order valence-corrected chi connectivity index (χ2v) is 5.92. The Labute approximate surface area is 124 Å². The number of aryl methyl sites for hydroxylation is 2. The monoisotopic (exact) mass is 271 g/mol. The van der Waals surface area contributed by atoms with Gasteiger partial charge in [0, 0.05) is 5.71 Å². The van der Waals surface area contributed by atoms with Crippen LogP contribution in [0.5, 0.6) is 0 Å². The average molecular weight is 271 g/mol. The van der Waals surface area contributed by atoms with Crippen molar-refractivity contribution in [3.8, 4) is 0 Å². The number of hydrogen-bond donors (Lipinski definition) is 0. The van der Waals surface area contributed by atoms with Crippen LogP contribution in [0.3, 0.4) is 0 Å². The van der Waals surface area contributed by atoms with Crippen LogP contribution < -0.4 is 0 Å². The molecule has 20 heavy (non-hydrogen) atoms. The fourth-order valence-electron chi connectivity index (χ4n) is 3.40. The molecule has 1 aromatic carbocycles. The van der Waals surface area contributed by atoms with E-state index in [0.29, 0.717) is 0 Å². The molecule has 1 aromatic rings.